The van der Waals surface area contributed by atoms with E-state index in [4.69, 9.17) is 0 Å². The lowest BCUT2D eigenvalue weighted by Gasteiger charge is -2.35. The fraction of sp³-hybridized carbons (Fsp3) is 0.625. The number of aromatic nitrogens is 1. The van der Waals surface area contributed by atoms with Crippen LogP contribution in [0.5, 0.6) is 0 Å². The van der Waals surface area contributed by atoms with Crippen LogP contribution in [0.3, 0.4) is 0 Å². The highest BCUT2D eigenvalue weighted by atomic mass is 16.4. The predicted octanol–water partition coefficient (Wildman–Crippen LogP) is 5.87. The number of rotatable bonds is 10. The monoisotopic (exact) mass is 503 g/mol. The highest BCUT2D eigenvalue weighted by molar-refractivity contribution is 5.74. The topological polar surface area (TPSA) is 56.7 Å². The number of hydrogen-bond donors (Lipinski definition) is 1. The quantitative estimate of drug-likeness (QED) is 0.440. The smallest absolute Gasteiger partial charge is 0.321 e. The molecular formula is C32H45N3O2. The first kappa shape index (κ1) is 26.4. The molecule has 0 spiro atoms. The van der Waals surface area contributed by atoms with E-state index < -0.39 is 5.97 Å². The van der Waals surface area contributed by atoms with Gasteiger partial charge < -0.3 is 10.0 Å². The van der Waals surface area contributed by atoms with Crippen LogP contribution in [0.4, 0.5) is 0 Å². The molecule has 5 heteroatoms. The van der Waals surface area contributed by atoms with Crippen LogP contribution < -0.4 is 0 Å². The van der Waals surface area contributed by atoms with Gasteiger partial charge in [-0.1, -0.05) is 55.7 Å². The maximum atomic E-state index is 12.5. The van der Waals surface area contributed by atoms with Crippen LogP contribution in [0.2, 0.25) is 0 Å². The molecule has 0 bridgehead atoms. The van der Waals surface area contributed by atoms with Gasteiger partial charge in [0.2, 0.25) is 0 Å². The lowest BCUT2D eigenvalue weighted by molar-refractivity contribution is -0.145. The van der Waals surface area contributed by atoms with Gasteiger partial charge >= 0.3 is 5.97 Å². The number of aryl methyl sites for hydroxylation is 1. The molecule has 3 unspecified atom stereocenters. The van der Waals surface area contributed by atoms with E-state index in [1.807, 2.05) is 12.3 Å². The molecule has 0 amide bonds. The normalized spacial score (nSPS) is 25.3. The van der Waals surface area contributed by atoms with Gasteiger partial charge in [0.1, 0.15) is 6.04 Å². The lowest BCUT2D eigenvalue weighted by atomic mass is 9.83. The first-order chi connectivity index (χ1) is 18.2. The van der Waals surface area contributed by atoms with E-state index in [0.29, 0.717) is 17.8 Å². The molecule has 3 aliphatic rings. The fourth-order valence-corrected chi connectivity index (χ4v) is 7.41. The number of carbonyl (C=O) groups is 1. The van der Waals surface area contributed by atoms with Gasteiger partial charge in [-0.15, -0.1) is 0 Å². The van der Waals surface area contributed by atoms with Crippen LogP contribution in [0, 0.1) is 17.8 Å². The number of hydrogen-bond acceptors (Lipinski definition) is 4. The summed E-state index contributed by atoms with van der Waals surface area (Å²) in [6, 6.07) is 16.8. The molecule has 1 aromatic heterocycles. The zero-order valence-electron chi connectivity index (χ0n) is 22.4. The minimum atomic E-state index is -0.606. The van der Waals surface area contributed by atoms with Gasteiger partial charge in [0.15, 0.2) is 0 Å². The summed E-state index contributed by atoms with van der Waals surface area (Å²) < 4.78 is 0. The molecule has 2 aromatic rings. The summed E-state index contributed by atoms with van der Waals surface area (Å²) in [6.45, 7) is 5.24. The number of nitrogens with zero attached hydrogens (tertiary/aromatic N) is 3. The van der Waals surface area contributed by atoms with E-state index >= 15 is 0 Å². The number of pyridine rings is 1. The third-order valence-electron chi connectivity index (χ3n) is 9.41. The molecule has 1 saturated carbocycles. The predicted molar refractivity (Wildman–Crippen MR) is 149 cm³/mol. The Balaban J connectivity index is 1.17. The van der Waals surface area contributed by atoms with Crippen LogP contribution in [0.15, 0.2) is 54.7 Å². The summed E-state index contributed by atoms with van der Waals surface area (Å²) in [7, 11) is 0. The Morgan fingerprint density at radius 2 is 1.70 bits per heavy atom. The molecule has 3 fully saturated rings. The zero-order valence-corrected chi connectivity index (χ0v) is 22.4. The molecule has 0 radical (unpaired) electrons. The van der Waals surface area contributed by atoms with Gasteiger partial charge in [-0.3, -0.25) is 14.7 Å². The number of likely N-dealkylation sites (tertiary alicyclic amines) is 2. The van der Waals surface area contributed by atoms with E-state index in [1.54, 1.807) is 0 Å². The second-order valence-electron chi connectivity index (χ2n) is 11.9. The average Bonchev–Trinajstić information content (AvgIpc) is 3.34. The molecule has 2 aliphatic heterocycles. The van der Waals surface area contributed by atoms with Crippen molar-refractivity contribution >= 4 is 5.97 Å². The molecule has 1 N–H and O–H groups in total. The maximum Gasteiger partial charge on any atom is 0.321 e. The van der Waals surface area contributed by atoms with Crippen molar-refractivity contribution in [2.75, 3.05) is 32.7 Å². The van der Waals surface area contributed by atoms with Gasteiger partial charge in [-0.05, 0) is 93.5 Å². The number of carboxylic acid groups (broad SMARTS) is 1. The molecule has 3 atom stereocenters. The van der Waals surface area contributed by atoms with Crippen LogP contribution >= 0.6 is 0 Å². The minimum absolute atomic E-state index is 0.309. The number of aliphatic carboxylic acids is 1. The summed E-state index contributed by atoms with van der Waals surface area (Å²) in [6.07, 6.45) is 13.9. The molecule has 200 valence electrons. The maximum absolute atomic E-state index is 12.5. The second kappa shape index (κ2) is 13.0. The van der Waals surface area contributed by atoms with E-state index in [2.05, 4.69) is 57.2 Å². The van der Waals surface area contributed by atoms with Crippen LogP contribution in [0.25, 0.3) is 0 Å². The Morgan fingerprint density at radius 3 is 2.41 bits per heavy atom. The first-order valence-corrected chi connectivity index (χ1v) is 14.8. The summed E-state index contributed by atoms with van der Waals surface area (Å²) in [5, 5.41) is 10.3. The van der Waals surface area contributed by atoms with E-state index in [0.717, 1.165) is 44.8 Å². The lowest BCUT2D eigenvalue weighted by Crippen LogP contribution is -2.46. The van der Waals surface area contributed by atoms with Gasteiger partial charge in [0.05, 0.1) is 0 Å². The number of piperidine rings is 1. The minimum Gasteiger partial charge on any atom is -0.480 e. The highest BCUT2D eigenvalue weighted by Crippen LogP contribution is 2.38. The summed E-state index contributed by atoms with van der Waals surface area (Å²) in [5.74, 6) is 1.44. The van der Waals surface area contributed by atoms with E-state index in [1.165, 1.54) is 69.3 Å². The molecule has 5 rings (SSSR count). The SMILES string of the molecule is O=C(O)C(C1CCCCC1)N1CC(CN2CCC(CCCc3ccccn3)CC2)C(c2ccccc2)C1. The summed E-state index contributed by atoms with van der Waals surface area (Å²) >= 11 is 0. The van der Waals surface area contributed by atoms with Crippen LogP contribution in [-0.2, 0) is 11.2 Å². The molecule has 3 heterocycles. The molecule has 1 aliphatic carbocycles. The number of carboxylic acids is 1. The van der Waals surface area contributed by atoms with Gasteiger partial charge in [0.25, 0.3) is 0 Å². The Hall–Kier alpha value is -2.24. The standard InChI is InChI=1S/C32H45N3O2/c36-32(37)31(27-13-5-2-6-14-27)35-23-28(30(24-35)26-11-3-1-4-12-26)22-34-20-17-25(18-21-34)10-9-16-29-15-7-8-19-33-29/h1,3-4,7-8,11-12,15,19,25,27-28,30-31H,2,5-6,9-10,13-14,16-18,20-24H2,(H,36,37). The summed E-state index contributed by atoms with van der Waals surface area (Å²) in [4.78, 5) is 22.0. The highest BCUT2D eigenvalue weighted by Gasteiger charge is 2.43. The molecule has 1 aromatic carbocycles. The van der Waals surface area contributed by atoms with Gasteiger partial charge in [-0.2, -0.15) is 0 Å². The second-order valence-corrected chi connectivity index (χ2v) is 11.9. The largest absolute Gasteiger partial charge is 0.480 e. The third-order valence-corrected chi connectivity index (χ3v) is 9.41. The van der Waals surface area contributed by atoms with E-state index in [9.17, 15) is 9.90 Å². The van der Waals surface area contributed by atoms with Gasteiger partial charge in [-0.25, -0.2) is 0 Å². The first-order valence-electron chi connectivity index (χ1n) is 14.8. The summed E-state index contributed by atoms with van der Waals surface area (Å²) in [5.41, 5.74) is 2.60. The van der Waals surface area contributed by atoms with Crippen molar-refractivity contribution in [1.29, 1.82) is 0 Å². The third kappa shape index (κ3) is 7.00. The van der Waals surface area contributed by atoms with E-state index in [-0.39, 0.29) is 6.04 Å². The van der Waals surface area contributed by atoms with Crippen molar-refractivity contribution < 1.29 is 9.90 Å². The molecule has 2 saturated heterocycles. The Kier molecular flexibility index (Phi) is 9.28. The van der Waals surface area contributed by atoms with Crippen molar-refractivity contribution in [3.63, 3.8) is 0 Å². The fourth-order valence-electron chi connectivity index (χ4n) is 7.41. The Morgan fingerprint density at radius 1 is 0.946 bits per heavy atom. The number of benzene rings is 1. The van der Waals surface area contributed by atoms with Crippen molar-refractivity contribution in [2.45, 2.75) is 76.2 Å². The van der Waals surface area contributed by atoms with Crippen LogP contribution in [0.1, 0.15) is 75.0 Å². The Bertz CT molecular complexity index is 955. The van der Waals surface area contributed by atoms with Gasteiger partial charge in [0, 0.05) is 37.4 Å². The van der Waals surface area contributed by atoms with Crippen molar-refractivity contribution in [1.82, 2.24) is 14.8 Å². The van der Waals surface area contributed by atoms with Crippen molar-refractivity contribution in [3.05, 3.63) is 66.0 Å². The molecular weight excluding hydrogens is 458 g/mol. The average molecular weight is 504 g/mol. The Labute approximate surface area is 223 Å². The van der Waals surface area contributed by atoms with Crippen molar-refractivity contribution in [2.24, 2.45) is 17.8 Å². The zero-order chi connectivity index (χ0) is 25.5. The van der Waals surface area contributed by atoms with Crippen molar-refractivity contribution in [3.8, 4) is 0 Å². The molecule has 5 nitrogen and oxygen atoms in total. The van der Waals surface area contributed by atoms with Crippen LogP contribution in [-0.4, -0.2) is 64.6 Å². The molecule has 37 heavy (non-hydrogen) atoms.